The van der Waals surface area contributed by atoms with Gasteiger partial charge in [0.15, 0.2) is 0 Å². The Morgan fingerprint density at radius 1 is 1.28 bits per heavy atom. The minimum absolute atomic E-state index is 0.333. The number of guanidine groups is 1. The van der Waals surface area contributed by atoms with Crippen molar-refractivity contribution in [3.05, 3.63) is 29.1 Å². The van der Waals surface area contributed by atoms with E-state index in [1.54, 1.807) is 0 Å². The van der Waals surface area contributed by atoms with Crippen LogP contribution in [0.4, 0.5) is 17.6 Å². The zero-order chi connectivity index (χ0) is 13.9. The van der Waals surface area contributed by atoms with Crippen LogP contribution >= 0.6 is 0 Å². The maximum Gasteiger partial charge on any atom is 0.419 e. The number of rotatable bonds is 2. The van der Waals surface area contributed by atoms with Gasteiger partial charge in [-0.15, -0.1) is 5.10 Å². The second kappa shape index (κ2) is 4.90. The molecule has 0 aliphatic heterocycles. The van der Waals surface area contributed by atoms with E-state index in [4.69, 9.17) is 11.5 Å². The van der Waals surface area contributed by atoms with Crippen LogP contribution in [-0.4, -0.2) is 17.3 Å². The van der Waals surface area contributed by atoms with Gasteiger partial charge in [-0.1, -0.05) is 0 Å². The highest BCUT2D eigenvalue weighted by Gasteiger charge is 2.34. The van der Waals surface area contributed by atoms with Gasteiger partial charge in [-0.05, 0) is 6.07 Å². The molecular weight excluding hydrogens is 256 g/mol. The van der Waals surface area contributed by atoms with Crippen LogP contribution in [0.25, 0.3) is 0 Å². The molecule has 0 atom stereocenters. The fraction of sp³-hybridized carbons (Fsp3) is 0.111. The quantitative estimate of drug-likeness (QED) is 0.323. The summed E-state index contributed by atoms with van der Waals surface area (Å²) in [5.41, 5.74) is 7.97. The number of halogens is 4. The summed E-state index contributed by atoms with van der Waals surface area (Å²) in [5, 5.41) is 15.6. The van der Waals surface area contributed by atoms with Gasteiger partial charge < -0.3 is 16.6 Å². The van der Waals surface area contributed by atoms with E-state index in [0.29, 0.717) is 12.1 Å². The number of phenols is 1. The molecule has 0 amide bonds. The molecule has 0 saturated carbocycles. The molecular formula is C9H8F4N4O. The van der Waals surface area contributed by atoms with E-state index >= 15 is 0 Å². The summed E-state index contributed by atoms with van der Waals surface area (Å²) < 4.78 is 50.1. The molecule has 98 valence electrons. The van der Waals surface area contributed by atoms with Crippen LogP contribution in [0.3, 0.4) is 0 Å². The molecule has 1 aromatic rings. The number of aromatic hydroxyl groups is 1. The largest absolute Gasteiger partial charge is 0.507 e. The van der Waals surface area contributed by atoms with E-state index in [-0.39, 0.29) is 5.56 Å². The van der Waals surface area contributed by atoms with Gasteiger partial charge in [0.25, 0.3) is 0 Å². The minimum Gasteiger partial charge on any atom is -0.507 e. The predicted octanol–water partition coefficient (Wildman–Crippen LogP) is 1.16. The second-order valence-corrected chi connectivity index (χ2v) is 3.16. The van der Waals surface area contributed by atoms with Crippen molar-refractivity contribution in [3.8, 4) is 5.75 Å². The van der Waals surface area contributed by atoms with Crippen molar-refractivity contribution < 1.29 is 22.7 Å². The van der Waals surface area contributed by atoms with Gasteiger partial charge in [0.2, 0.25) is 5.96 Å². The van der Waals surface area contributed by atoms with Gasteiger partial charge >= 0.3 is 6.18 Å². The third-order valence-corrected chi connectivity index (χ3v) is 1.79. The standard InChI is InChI=1S/C9H8F4N4O/c10-6-2-7(18)4(3-16-17-8(14)15)1-5(6)9(11,12)13/h1-3,18H,(H4,14,15,17). The molecule has 0 aliphatic rings. The van der Waals surface area contributed by atoms with Crippen LogP contribution in [0.1, 0.15) is 11.1 Å². The highest BCUT2D eigenvalue weighted by atomic mass is 19.4. The summed E-state index contributed by atoms with van der Waals surface area (Å²) in [4.78, 5) is 0. The van der Waals surface area contributed by atoms with E-state index in [2.05, 4.69) is 10.2 Å². The van der Waals surface area contributed by atoms with Crippen LogP contribution < -0.4 is 11.5 Å². The van der Waals surface area contributed by atoms with Gasteiger partial charge in [0.05, 0.1) is 11.8 Å². The number of alkyl halides is 3. The molecule has 0 spiro atoms. The summed E-state index contributed by atoms with van der Waals surface area (Å²) in [6, 6.07) is 0.732. The zero-order valence-corrected chi connectivity index (χ0v) is 8.74. The first-order valence-corrected chi connectivity index (χ1v) is 4.43. The highest BCUT2D eigenvalue weighted by Crippen LogP contribution is 2.34. The van der Waals surface area contributed by atoms with Crippen molar-refractivity contribution in [2.75, 3.05) is 0 Å². The lowest BCUT2D eigenvalue weighted by molar-refractivity contribution is -0.140. The van der Waals surface area contributed by atoms with Gasteiger partial charge in [-0.3, -0.25) is 0 Å². The third-order valence-electron chi connectivity index (χ3n) is 1.79. The Hall–Kier alpha value is -2.32. The SMILES string of the molecule is NC(N)=NN=Cc1cc(C(F)(F)F)c(F)cc1O. The average Bonchev–Trinajstić information content (AvgIpc) is 2.18. The molecule has 1 rings (SSSR count). The first-order chi connectivity index (χ1) is 8.21. The number of hydrogen-bond donors (Lipinski definition) is 3. The monoisotopic (exact) mass is 264 g/mol. The van der Waals surface area contributed by atoms with Gasteiger partial charge in [-0.2, -0.15) is 18.3 Å². The Kier molecular flexibility index (Phi) is 3.74. The number of hydrogen-bond acceptors (Lipinski definition) is 3. The number of nitrogens with zero attached hydrogens (tertiary/aromatic N) is 2. The first kappa shape index (κ1) is 13.7. The molecule has 1 aromatic carbocycles. The van der Waals surface area contributed by atoms with E-state index < -0.39 is 29.3 Å². The molecule has 0 bridgehead atoms. The van der Waals surface area contributed by atoms with E-state index in [1.165, 1.54) is 0 Å². The van der Waals surface area contributed by atoms with Crippen molar-refractivity contribution in [2.45, 2.75) is 6.18 Å². The van der Waals surface area contributed by atoms with E-state index in [0.717, 1.165) is 6.21 Å². The lowest BCUT2D eigenvalue weighted by Crippen LogP contribution is -2.21. The summed E-state index contributed by atoms with van der Waals surface area (Å²) in [6.45, 7) is 0. The summed E-state index contributed by atoms with van der Waals surface area (Å²) in [5.74, 6) is -2.71. The van der Waals surface area contributed by atoms with Gasteiger partial charge in [0, 0.05) is 11.6 Å². The maximum absolute atomic E-state index is 13.0. The van der Waals surface area contributed by atoms with Gasteiger partial charge in [0.1, 0.15) is 11.6 Å². The topological polar surface area (TPSA) is 97.0 Å². The molecule has 18 heavy (non-hydrogen) atoms. The number of nitrogens with two attached hydrogens (primary N) is 2. The zero-order valence-electron chi connectivity index (χ0n) is 8.74. The molecule has 0 aliphatic carbocycles. The molecule has 0 radical (unpaired) electrons. The van der Waals surface area contributed by atoms with Crippen molar-refractivity contribution in [1.82, 2.24) is 0 Å². The molecule has 0 heterocycles. The molecule has 0 aromatic heterocycles. The maximum atomic E-state index is 13.0. The van der Waals surface area contributed by atoms with Crippen LogP contribution in [0, 0.1) is 5.82 Å². The number of phenolic OH excluding ortho intramolecular Hbond substituents is 1. The Bertz CT molecular complexity index is 506. The fourth-order valence-electron chi connectivity index (χ4n) is 1.06. The predicted molar refractivity (Wildman–Crippen MR) is 56.5 cm³/mol. The van der Waals surface area contributed by atoms with Crippen LogP contribution in [0.5, 0.6) is 5.75 Å². The Morgan fingerprint density at radius 3 is 2.39 bits per heavy atom. The number of benzene rings is 1. The summed E-state index contributed by atoms with van der Waals surface area (Å²) >= 11 is 0. The smallest absolute Gasteiger partial charge is 0.419 e. The highest BCUT2D eigenvalue weighted by molar-refractivity contribution is 5.84. The summed E-state index contributed by atoms with van der Waals surface area (Å²) in [6.07, 6.45) is -4.11. The summed E-state index contributed by atoms with van der Waals surface area (Å²) in [7, 11) is 0. The van der Waals surface area contributed by atoms with Crippen molar-refractivity contribution in [3.63, 3.8) is 0 Å². The Morgan fingerprint density at radius 2 is 1.89 bits per heavy atom. The first-order valence-electron chi connectivity index (χ1n) is 4.43. The van der Waals surface area contributed by atoms with Crippen LogP contribution in [0.15, 0.2) is 22.3 Å². The molecule has 5 nitrogen and oxygen atoms in total. The Labute approximate surface area is 98.4 Å². The van der Waals surface area contributed by atoms with Crippen molar-refractivity contribution in [1.29, 1.82) is 0 Å². The normalized spacial score (nSPS) is 11.8. The molecule has 9 heteroatoms. The second-order valence-electron chi connectivity index (χ2n) is 3.16. The van der Waals surface area contributed by atoms with Crippen molar-refractivity contribution in [2.24, 2.45) is 21.7 Å². The minimum atomic E-state index is -4.88. The van der Waals surface area contributed by atoms with Crippen LogP contribution in [0.2, 0.25) is 0 Å². The van der Waals surface area contributed by atoms with Gasteiger partial charge in [-0.25, -0.2) is 4.39 Å². The van der Waals surface area contributed by atoms with E-state index in [1.807, 2.05) is 0 Å². The lowest BCUT2D eigenvalue weighted by Gasteiger charge is -2.09. The fourth-order valence-corrected chi connectivity index (χ4v) is 1.06. The van der Waals surface area contributed by atoms with E-state index in [9.17, 15) is 22.7 Å². The molecule has 0 fully saturated rings. The molecule has 0 unspecified atom stereocenters. The molecule has 5 N–H and O–H groups in total. The molecule has 0 saturated heterocycles. The Balaban J connectivity index is 3.22. The van der Waals surface area contributed by atoms with Crippen LogP contribution in [-0.2, 0) is 6.18 Å². The average molecular weight is 264 g/mol. The van der Waals surface area contributed by atoms with Crippen molar-refractivity contribution >= 4 is 12.2 Å². The third kappa shape index (κ3) is 3.34. The lowest BCUT2D eigenvalue weighted by atomic mass is 10.1.